The molecule has 0 atom stereocenters. The third kappa shape index (κ3) is 6.76. The third-order valence-electron chi connectivity index (χ3n) is 5.89. The first-order valence-corrected chi connectivity index (χ1v) is 12.1. The average molecular weight is 494 g/mol. The lowest BCUT2D eigenvalue weighted by atomic mass is 9.86. The second kappa shape index (κ2) is 11.0. The number of nitrogens with one attached hydrogen (secondary N) is 2. The summed E-state index contributed by atoms with van der Waals surface area (Å²) < 4.78 is 5.87. The van der Waals surface area contributed by atoms with Crippen LogP contribution in [0.3, 0.4) is 0 Å². The van der Waals surface area contributed by atoms with Gasteiger partial charge in [0.15, 0.2) is 0 Å². The fourth-order valence-corrected chi connectivity index (χ4v) is 3.78. The van der Waals surface area contributed by atoms with E-state index in [0.717, 1.165) is 11.1 Å². The predicted molar refractivity (Wildman–Crippen MR) is 149 cm³/mol. The van der Waals surface area contributed by atoms with Gasteiger partial charge in [0.05, 0.1) is 11.3 Å². The van der Waals surface area contributed by atoms with Crippen molar-refractivity contribution in [2.75, 3.05) is 16.4 Å². The van der Waals surface area contributed by atoms with Crippen LogP contribution in [0, 0.1) is 0 Å². The minimum absolute atomic E-state index is 0.0128. The van der Waals surface area contributed by atoms with Gasteiger partial charge in [-0.25, -0.2) is 0 Å². The molecule has 188 valence electrons. The molecule has 0 spiro atoms. The maximum Gasteiger partial charge on any atom is 0.257 e. The highest BCUT2D eigenvalue weighted by atomic mass is 16.5. The quantitative estimate of drug-likeness (QED) is 0.251. The van der Waals surface area contributed by atoms with Crippen molar-refractivity contribution in [2.24, 2.45) is 0 Å². The lowest BCUT2D eigenvalue weighted by Gasteiger charge is -2.19. The first-order chi connectivity index (χ1) is 17.7. The number of hydrogen-bond acceptors (Lipinski definition) is 4. The van der Waals surface area contributed by atoms with Gasteiger partial charge in [-0.3, -0.25) is 9.59 Å². The summed E-state index contributed by atoms with van der Waals surface area (Å²) in [6, 6.07) is 29.3. The highest BCUT2D eigenvalue weighted by molar-refractivity contribution is 6.13. The van der Waals surface area contributed by atoms with Crippen LogP contribution in [-0.4, -0.2) is 11.8 Å². The summed E-state index contributed by atoms with van der Waals surface area (Å²) >= 11 is 0. The van der Waals surface area contributed by atoms with Gasteiger partial charge in [-0.15, -0.1) is 0 Å². The van der Waals surface area contributed by atoms with Gasteiger partial charge in [0, 0.05) is 23.0 Å². The standard InChI is InChI=1S/C31H31N3O3/c1-31(2,3)23-14-12-22(13-15-23)29(35)34-28-17-16-24(32)18-27(28)30(36)33-25-10-7-11-26(19-25)37-20-21-8-5-4-6-9-21/h4-19H,20,32H2,1-3H3,(H,33,36)(H,34,35). The summed E-state index contributed by atoms with van der Waals surface area (Å²) in [6.07, 6.45) is 0. The molecule has 0 heterocycles. The molecule has 0 unspecified atom stereocenters. The van der Waals surface area contributed by atoms with E-state index in [0.29, 0.717) is 35.0 Å². The molecular formula is C31H31N3O3. The number of anilines is 3. The van der Waals surface area contributed by atoms with Crippen LogP contribution in [0.15, 0.2) is 97.1 Å². The lowest BCUT2D eigenvalue weighted by Crippen LogP contribution is -2.19. The smallest absolute Gasteiger partial charge is 0.257 e. The minimum atomic E-state index is -0.397. The Labute approximate surface area is 217 Å². The molecule has 4 rings (SSSR count). The van der Waals surface area contributed by atoms with E-state index in [1.807, 2.05) is 48.5 Å². The molecular weight excluding hydrogens is 462 g/mol. The van der Waals surface area contributed by atoms with Crippen molar-refractivity contribution in [3.05, 3.63) is 119 Å². The minimum Gasteiger partial charge on any atom is -0.489 e. The van der Waals surface area contributed by atoms with E-state index in [-0.39, 0.29) is 16.9 Å². The zero-order valence-corrected chi connectivity index (χ0v) is 21.2. The number of amides is 2. The molecule has 0 fully saturated rings. The number of nitrogen functional groups attached to an aromatic ring is 1. The van der Waals surface area contributed by atoms with Gasteiger partial charge >= 0.3 is 0 Å². The Morgan fingerprint density at radius 1 is 0.784 bits per heavy atom. The number of ether oxygens (including phenoxy) is 1. The molecule has 0 aliphatic rings. The number of carbonyl (C=O) groups is 2. The van der Waals surface area contributed by atoms with Crippen molar-refractivity contribution in [1.29, 1.82) is 0 Å². The van der Waals surface area contributed by atoms with Gasteiger partial charge < -0.3 is 21.1 Å². The van der Waals surface area contributed by atoms with Crippen LogP contribution in [-0.2, 0) is 12.0 Å². The summed E-state index contributed by atoms with van der Waals surface area (Å²) in [5, 5.41) is 5.72. The van der Waals surface area contributed by atoms with E-state index in [1.165, 1.54) is 0 Å². The molecule has 4 N–H and O–H groups in total. The first kappa shape index (κ1) is 25.5. The monoisotopic (exact) mass is 493 g/mol. The Hall–Kier alpha value is -4.58. The maximum atomic E-state index is 13.2. The van der Waals surface area contributed by atoms with E-state index in [9.17, 15) is 9.59 Å². The highest BCUT2D eigenvalue weighted by Gasteiger charge is 2.17. The lowest BCUT2D eigenvalue weighted by molar-refractivity contribution is 0.102. The van der Waals surface area contributed by atoms with Crippen molar-refractivity contribution in [2.45, 2.75) is 32.8 Å². The number of hydrogen-bond donors (Lipinski definition) is 3. The van der Waals surface area contributed by atoms with E-state index < -0.39 is 5.91 Å². The topological polar surface area (TPSA) is 93.5 Å². The SMILES string of the molecule is CC(C)(C)c1ccc(C(=O)Nc2ccc(N)cc2C(=O)Nc2cccc(OCc3ccccc3)c2)cc1. The Morgan fingerprint density at radius 2 is 1.51 bits per heavy atom. The number of benzene rings is 4. The Kier molecular flexibility index (Phi) is 7.58. The van der Waals surface area contributed by atoms with Crippen LogP contribution in [0.5, 0.6) is 5.75 Å². The van der Waals surface area contributed by atoms with Crippen molar-refractivity contribution >= 4 is 28.9 Å². The molecule has 0 aliphatic heterocycles. The molecule has 6 nitrogen and oxygen atoms in total. The predicted octanol–water partition coefficient (Wildman–Crippen LogP) is 6.65. The first-order valence-electron chi connectivity index (χ1n) is 12.1. The summed E-state index contributed by atoms with van der Waals surface area (Å²) in [6.45, 7) is 6.77. The van der Waals surface area contributed by atoms with Crippen molar-refractivity contribution in [1.82, 2.24) is 0 Å². The van der Waals surface area contributed by atoms with Crippen LogP contribution in [0.4, 0.5) is 17.1 Å². The van der Waals surface area contributed by atoms with Gasteiger partial charge in [-0.05, 0) is 59.0 Å². The second-order valence-corrected chi connectivity index (χ2v) is 9.84. The second-order valence-electron chi connectivity index (χ2n) is 9.84. The van der Waals surface area contributed by atoms with E-state index in [2.05, 4.69) is 31.4 Å². The summed E-state index contributed by atoms with van der Waals surface area (Å²) in [5.74, 6) is -0.0806. The van der Waals surface area contributed by atoms with Crippen molar-refractivity contribution in [3.63, 3.8) is 0 Å². The Balaban J connectivity index is 1.47. The molecule has 0 aromatic heterocycles. The summed E-state index contributed by atoms with van der Waals surface area (Å²) in [4.78, 5) is 26.1. The number of carbonyl (C=O) groups excluding carboxylic acids is 2. The molecule has 6 heteroatoms. The van der Waals surface area contributed by atoms with E-state index >= 15 is 0 Å². The zero-order chi connectivity index (χ0) is 26.4. The van der Waals surface area contributed by atoms with Gasteiger partial charge in [0.2, 0.25) is 0 Å². The maximum absolute atomic E-state index is 13.2. The number of nitrogens with two attached hydrogens (primary N) is 1. The fraction of sp³-hybridized carbons (Fsp3) is 0.161. The molecule has 4 aromatic carbocycles. The van der Waals surface area contributed by atoms with Gasteiger partial charge in [0.25, 0.3) is 11.8 Å². The van der Waals surface area contributed by atoms with Gasteiger partial charge in [-0.2, -0.15) is 0 Å². The molecule has 0 saturated carbocycles. The largest absolute Gasteiger partial charge is 0.489 e. The Morgan fingerprint density at radius 3 is 2.22 bits per heavy atom. The van der Waals surface area contributed by atoms with Crippen molar-refractivity contribution < 1.29 is 14.3 Å². The van der Waals surface area contributed by atoms with Crippen LogP contribution < -0.4 is 21.1 Å². The van der Waals surface area contributed by atoms with Crippen LogP contribution >= 0.6 is 0 Å². The zero-order valence-electron chi connectivity index (χ0n) is 21.2. The molecule has 0 bridgehead atoms. The van der Waals surface area contributed by atoms with E-state index in [1.54, 1.807) is 48.5 Å². The molecule has 4 aromatic rings. The third-order valence-corrected chi connectivity index (χ3v) is 5.89. The Bertz CT molecular complexity index is 1390. The van der Waals surface area contributed by atoms with E-state index in [4.69, 9.17) is 10.5 Å². The molecule has 0 aliphatic carbocycles. The summed E-state index contributed by atoms with van der Waals surface area (Å²) in [5.41, 5.74) is 10.2. The normalized spacial score (nSPS) is 11.0. The van der Waals surface area contributed by atoms with Crippen LogP contribution in [0.1, 0.15) is 52.6 Å². The molecule has 0 saturated heterocycles. The highest BCUT2D eigenvalue weighted by Crippen LogP contribution is 2.25. The summed E-state index contributed by atoms with van der Waals surface area (Å²) in [7, 11) is 0. The fourth-order valence-electron chi connectivity index (χ4n) is 3.78. The van der Waals surface area contributed by atoms with Crippen LogP contribution in [0.25, 0.3) is 0 Å². The molecule has 2 amide bonds. The van der Waals surface area contributed by atoms with Crippen molar-refractivity contribution in [3.8, 4) is 5.75 Å². The van der Waals surface area contributed by atoms with Gasteiger partial charge in [0.1, 0.15) is 12.4 Å². The average Bonchev–Trinajstić information content (AvgIpc) is 2.89. The van der Waals surface area contributed by atoms with Crippen LogP contribution in [0.2, 0.25) is 0 Å². The van der Waals surface area contributed by atoms with Gasteiger partial charge in [-0.1, -0.05) is 69.3 Å². The number of rotatable bonds is 7. The molecule has 37 heavy (non-hydrogen) atoms. The molecule has 0 radical (unpaired) electrons.